The summed E-state index contributed by atoms with van der Waals surface area (Å²) in [5, 5.41) is 1.15. The van der Waals surface area contributed by atoms with Crippen LogP contribution in [0.25, 0.3) is 0 Å². The van der Waals surface area contributed by atoms with Crippen molar-refractivity contribution in [2.45, 2.75) is 36.5 Å². The molecule has 4 heteroatoms. The Morgan fingerprint density at radius 3 is 2.50 bits per heavy atom. The van der Waals surface area contributed by atoms with E-state index in [4.69, 9.17) is 4.89 Å². The molecule has 0 saturated carbocycles. The van der Waals surface area contributed by atoms with Crippen molar-refractivity contribution in [2.24, 2.45) is 0 Å². The van der Waals surface area contributed by atoms with Crippen molar-refractivity contribution >= 4 is 23.2 Å². The van der Waals surface area contributed by atoms with Crippen molar-refractivity contribution < 1.29 is 9.46 Å². The van der Waals surface area contributed by atoms with Crippen LogP contribution in [-0.2, 0) is 4.57 Å². The molecule has 0 amide bonds. The molecule has 0 aliphatic rings. The van der Waals surface area contributed by atoms with Crippen LogP contribution >= 0.6 is 8.03 Å². The fraction of sp³-hybridized carbons (Fsp3) is 1.00. The Kier molecular flexibility index (Phi) is 6.69. The highest BCUT2D eigenvalue weighted by Gasteiger charge is 2.27. The van der Waals surface area contributed by atoms with Gasteiger partial charge in [0.25, 0.3) is 0 Å². The molecule has 58 valence electrons. The first-order valence-electron chi connectivity index (χ1n) is 3.87. The highest BCUT2D eigenvalue weighted by atomic mass is 31.1. The molecule has 0 aromatic carbocycles. The van der Waals surface area contributed by atoms with Gasteiger partial charge in [0.2, 0.25) is 0 Å². The summed E-state index contributed by atoms with van der Waals surface area (Å²) in [4.78, 5) is 8.82. The molecule has 0 rings (SSSR count). The largest absolute Gasteiger partial charge is 0.491 e. The van der Waals surface area contributed by atoms with Crippen LogP contribution in [0.5, 0.6) is 0 Å². The second kappa shape index (κ2) is 6.31. The van der Waals surface area contributed by atoms with Gasteiger partial charge in [-0.3, -0.25) is 0 Å². The summed E-state index contributed by atoms with van der Waals surface area (Å²) >= 11 is -0.256. The molecular weight excluding hydrogens is 162 g/mol. The minimum Gasteiger partial charge on any atom is -0.162 e. The molecule has 0 aliphatic heterocycles. The van der Waals surface area contributed by atoms with E-state index < -0.39 is 8.03 Å². The summed E-state index contributed by atoms with van der Waals surface area (Å²) in [6.07, 6.45) is 1.99. The van der Waals surface area contributed by atoms with Crippen molar-refractivity contribution in [2.75, 3.05) is 0 Å². The lowest BCUT2D eigenvalue weighted by Gasteiger charge is -1.96. The normalized spacial score (nSPS) is 14.5. The van der Waals surface area contributed by atoms with Gasteiger partial charge >= 0.3 is 23.2 Å². The molecular formula is C6H15AlO2P+. The first-order valence-corrected chi connectivity index (χ1v) is 6.97. The highest BCUT2D eigenvalue weighted by molar-refractivity contribution is 7.41. The van der Waals surface area contributed by atoms with Crippen LogP contribution in [0.1, 0.15) is 26.7 Å². The van der Waals surface area contributed by atoms with Gasteiger partial charge in [-0.2, -0.15) is 4.89 Å². The molecule has 0 saturated heterocycles. The fourth-order valence-corrected chi connectivity index (χ4v) is 4.53. The lowest BCUT2D eigenvalue weighted by atomic mass is 10.4. The summed E-state index contributed by atoms with van der Waals surface area (Å²) in [6, 6.07) is 0. The Bertz CT molecular complexity index is 102. The second-order valence-electron chi connectivity index (χ2n) is 2.53. The van der Waals surface area contributed by atoms with Crippen LogP contribution in [0.4, 0.5) is 0 Å². The lowest BCUT2D eigenvalue weighted by molar-refractivity contribution is 0.496. The number of hydrogen-bond acceptors (Lipinski definition) is 1. The van der Waals surface area contributed by atoms with E-state index in [1.807, 2.05) is 0 Å². The molecule has 0 aliphatic carbocycles. The van der Waals surface area contributed by atoms with Crippen LogP contribution in [0.2, 0.25) is 5.28 Å². The van der Waals surface area contributed by atoms with E-state index >= 15 is 0 Å². The standard InChI is InChI=1S/C4H9O2P.C2H5.Al.H/c1-2-3-4-7(5)6;1-2;;/h4H,2-3H2,1H3,(H,5,6);1H2,2H3;;/q+1;;;. The van der Waals surface area contributed by atoms with E-state index in [-0.39, 0.29) is 19.7 Å². The van der Waals surface area contributed by atoms with Gasteiger partial charge in [-0.15, -0.1) is 0 Å². The Labute approximate surface area is 69.6 Å². The second-order valence-corrected chi connectivity index (χ2v) is 7.12. The van der Waals surface area contributed by atoms with E-state index in [2.05, 4.69) is 13.8 Å². The molecule has 2 nitrogen and oxygen atoms in total. The third kappa shape index (κ3) is 4.41. The topological polar surface area (TPSA) is 37.3 Å². The van der Waals surface area contributed by atoms with Crippen molar-refractivity contribution in [1.82, 2.24) is 0 Å². The van der Waals surface area contributed by atoms with E-state index in [1.54, 1.807) is 0 Å². The Morgan fingerprint density at radius 2 is 2.20 bits per heavy atom. The Morgan fingerprint density at radius 1 is 1.60 bits per heavy atom. The van der Waals surface area contributed by atoms with Gasteiger partial charge in [-0.25, -0.2) is 0 Å². The maximum absolute atomic E-state index is 10.7. The van der Waals surface area contributed by atoms with Gasteiger partial charge in [0.05, 0.1) is 0 Å². The van der Waals surface area contributed by atoms with E-state index in [1.165, 1.54) is 0 Å². The fourth-order valence-electron chi connectivity index (χ4n) is 1.03. The molecule has 0 aromatic rings. The first-order chi connectivity index (χ1) is 4.72. The molecule has 10 heavy (non-hydrogen) atoms. The van der Waals surface area contributed by atoms with Gasteiger partial charge in [0.1, 0.15) is 4.52 Å². The maximum Gasteiger partial charge on any atom is 0.491 e. The van der Waals surface area contributed by atoms with Crippen molar-refractivity contribution in [1.29, 1.82) is 0 Å². The summed E-state index contributed by atoms with van der Waals surface area (Å²) < 4.78 is 10.8. The summed E-state index contributed by atoms with van der Waals surface area (Å²) in [5.74, 6) is 0. The minimum absolute atomic E-state index is 0.185. The van der Waals surface area contributed by atoms with Gasteiger partial charge in [-0.05, 0) is 11.0 Å². The molecule has 1 N–H and O–H groups in total. The zero-order valence-corrected chi connectivity index (χ0v) is 9.02. The SMILES string of the molecule is CCC[CH]([AlH][CH2]C)[P+](=O)O. The monoisotopic (exact) mass is 177 g/mol. The van der Waals surface area contributed by atoms with Gasteiger partial charge in [0, 0.05) is 0 Å². The van der Waals surface area contributed by atoms with Crippen LogP contribution in [0.15, 0.2) is 0 Å². The highest BCUT2D eigenvalue weighted by Crippen LogP contribution is 2.25. The average molecular weight is 177 g/mol. The van der Waals surface area contributed by atoms with E-state index in [0.29, 0.717) is 0 Å². The predicted molar refractivity (Wildman–Crippen MR) is 46.2 cm³/mol. The van der Waals surface area contributed by atoms with Crippen LogP contribution in [-0.4, -0.2) is 24.6 Å². The Hall–Kier alpha value is 0.592. The minimum atomic E-state index is -1.86. The third-order valence-corrected chi connectivity index (χ3v) is 5.80. The zero-order valence-electron chi connectivity index (χ0n) is 6.71. The van der Waals surface area contributed by atoms with E-state index in [0.717, 1.165) is 18.1 Å². The maximum atomic E-state index is 10.7. The molecule has 0 radical (unpaired) electrons. The first kappa shape index (κ1) is 10.6. The third-order valence-electron chi connectivity index (χ3n) is 1.56. The molecule has 0 aromatic heterocycles. The van der Waals surface area contributed by atoms with Gasteiger partial charge in [-0.1, -0.05) is 25.6 Å². The quantitative estimate of drug-likeness (QED) is 0.512. The van der Waals surface area contributed by atoms with Gasteiger partial charge in [0.15, 0.2) is 0 Å². The molecule has 0 spiro atoms. The molecule has 0 heterocycles. The zero-order chi connectivity index (χ0) is 7.98. The van der Waals surface area contributed by atoms with Crippen molar-refractivity contribution in [3.8, 4) is 0 Å². The smallest absolute Gasteiger partial charge is 0.162 e. The molecule has 2 atom stereocenters. The van der Waals surface area contributed by atoms with E-state index in [9.17, 15) is 4.57 Å². The molecule has 2 unspecified atom stereocenters. The molecule has 0 fully saturated rings. The van der Waals surface area contributed by atoms with Gasteiger partial charge < -0.3 is 0 Å². The summed E-state index contributed by atoms with van der Waals surface area (Å²) in [5.41, 5.74) is 0. The lowest BCUT2D eigenvalue weighted by Crippen LogP contribution is -2.10. The average Bonchev–Trinajstić information content (AvgIpc) is 1.87. The van der Waals surface area contributed by atoms with Crippen molar-refractivity contribution in [3.05, 3.63) is 0 Å². The van der Waals surface area contributed by atoms with Crippen LogP contribution in [0, 0.1) is 0 Å². The van der Waals surface area contributed by atoms with Crippen molar-refractivity contribution in [3.63, 3.8) is 0 Å². The van der Waals surface area contributed by atoms with Crippen LogP contribution in [0.3, 0.4) is 0 Å². The predicted octanol–water partition coefficient (Wildman–Crippen LogP) is 1.72. The number of hydrogen-bond donors (Lipinski definition) is 1. The number of rotatable bonds is 5. The molecule has 0 bridgehead atoms. The summed E-state index contributed by atoms with van der Waals surface area (Å²) in [7, 11) is -1.86. The van der Waals surface area contributed by atoms with Crippen LogP contribution < -0.4 is 0 Å². The summed E-state index contributed by atoms with van der Waals surface area (Å²) in [6.45, 7) is 4.17. The Balaban J connectivity index is 3.61.